The van der Waals surface area contributed by atoms with Gasteiger partial charge in [0, 0.05) is 28.8 Å². The standard InChI is InChI=1S/C20H22N4O2S/c21-19(18-2-1-9-27-18)23-14-7-8-15-16(11-22-17(15)10-14)12-3-5-13(6-4-12)24-20(25)26/h1-2,7-13,22,24H,3-6H2,(H2,21,23)(H,25,26)/t12-,13-. The van der Waals surface area contributed by atoms with Crippen molar-refractivity contribution in [1.29, 1.82) is 5.41 Å². The largest absolute Gasteiger partial charge is 0.465 e. The molecule has 1 aliphatic rings. The van der Waals surface area contributed by atoms with E-state index in [1.165, 1.54) is 10.9 Å². The molecule has 1 fully saturated rings. The number of benzene rings is 1. The SMILES string of the molecule is N=C(Nc1ccc2c(c1)[nH]cc2[C@H]1CC[C@H](NC(=O)O)CC1)c1cccs1. The lowest BCUT2D eigenvalue weighted by Crippen LogP contribution is -2.36. The second-order valence-corrected chi connectivity index (χ2v) is 7.93. The van der Waals surface area contributed by atoms with E-state index in [0.717, 1.165) is 41.8 Å². The van der Waals surface area contributed by atoms with Gasteiger partial charge >= 0.3 is 6.09 Å². The van der Waals surface area contributed by atoms with Crippen molar-refractivity contribution in [3.8, 4) is 0 Å². The molecule has 1 amide bonds. The average Bonchev–Trinajstić information content (AvgIpc) is 3.31. The number of thiophene rings is 1. The molecule has 1 aliphatic carbocycles. The van der Waals surface area contributed by atoms with E-state index in [0.29, 0.717) is 11.8 Å². The predicted molar refractivity (Wildman–Crippen MR) is 109 cm³/mol. The number of amidine groups is 1. The Morgan fingerprint density at radius 3 is 2.74 bits per heavy atom. The molecule has 7 heteroatoms. The van der Waals surface area contributed by atoms with Crippen LogP contribution < -0.4 is 10.6 Å². The van der Waals surface area contributed by atoms with Crippen molar-refractivity contribution in [2.24, 2.45) is 0 Å². The average molecular weight is 382 g/mol. The van der Waals surface area contributed by atoms with Crippen molar-refractivity contribution in [3.05, 3.63) is 52.3 Å². The van der Waals surface area contributed by atoms with Gasteiger partial charge in [0.05, 0.1) is 4.88 Å². The van der Waals surface area contributed by atoms with E-state index in [1.54, 1.807) is 11.3 Å². The second kappa shape index (κ2) is 7.44. The number of aromatic nitrogens is 1. The van der Waals surface area contributed by atoms with Crippen LogP contribution in [0.25, 0.3) is 10.9 Å². The van der Waals surface area contributed by atoms with E-state index in [9.17, 15) is 4.79 Å². The summed E-state index contributed by atoms with van der Waals surface area (Å²) in [4.78, 5) is 15.1. The third-order valence-corrected chi connectivity index (χ3v) is 6.13. The Hall–Kier alpha value is -2.80. The first-order chi connectivity index (χ1) is 13.1. The van der Waals surface area contributed by atoms with Gasteiger partial charge in [-0.25, -0.2) is 4.79 Å². The number of fused-ring (bicyclic) bond motifs is 1. The molecule has 27 heavy (non-hydrogen) atoms. The molecular weight excluding hydrogens is 360 g/mol. The van der Waals surface area contributed by atoms with Gasteiger partial charge in [0.25, 0.3) is 0 Å². The first-order valence-corrected chi connectivity index (χ1v) is 9.98. The van der Waals surface area contributed by atoms with Crippen LogP contribution in [0.15, 0.2) is 41.9 Å². The molecule has 0 bridgehead atoms. The van der Waals surface area contributed by atoms with Crippen LogP contribution in [-0.2, 0) is 0 Å². The molecule has 140 valence electrons. The minimum absolute atomic E-state index is 0.0722. The zero-order chi connectivity index (χ0) is 18.8. The summed E-state index contributed by atoms with van der Waals surface area (Å²) in [6.45, 7) is 0. The van der Waals surface area contributed by atoms with Gasteiger partial charge in [0.2, 0.25) is 0 Å². The predicted octanol–water partition coefficient (Wildman–Crippen LogP) is 4.96. The number of aromatic amines is 1. The summed E-state index contributed by atoms with van der Waals surface area (Å²) < 4.78 is 0. The van der Waals surface area contributed by atoms with Crippen LogP contribution >= 0.6 is 11.3 Å². The molecule has 1 aromatic carbocycles. The molecule has 1 saturated carbocycles. The number of carbonyl (C=O) groups is 1. The summed E-state index contributed by atoms with van der Waals surface area (Å²) in [5.74, 6) is 0.856. The van der Waals surface area contributed by atoms with Gasteiger partial charge in [-0.2, -0.15) is 0 Å². The quantitative estimate of drug-likeness (QED) is 0.325. The fourth-order valence-electron chi connectivity index (χ4n) is 3.91. The number of carboxylic acid groups (broad SMARTS) is 1. The summed E-state index contributed by atoms with van der Waals surface area (Å²) in [6.07, 6.45) is 4.87. The van der Waals surface area contributed by atoms with Crippen molar-refractivity contribution in [3.63, 3.8) is 0 Å². The van der Waals surface area contributed by atoms with Crippen LogP contribution in [0.3, 0.4) is 0 Å². The molecule has 0 saturated heterocycles. The van der Waals surface area contributed by atoms with Crippen LogP contribution in [-0.4, -0.2) is 28.1 Å². The summed E-state index contributed by atoms with van der Waals surface area (Å²) in [5, 5.41) is 26.0. The van der Waals surface area contributed by atoms with E-state index in [1.807, 2.05) is 29.6 Å². The van der Waals surface area contributed by atoms with Crippen LogP contribution in [0, 0.1) is 5.41 Å². The highest BCUT2D eigenvalue weighted by Gasteiger charge is 2.25. The molecular formula is C20H22N4O2S. The molecule has 0 spiro atoms. The normalized spacial score (nSPS) is 19.7. The van der Waals surface area contributed by atoms with E-state index < -0.39 is 6.09 Å². The topological polar surface area (TPSA) is 101 Å². The van der Waals surface area contributed by atoms with Gasteiger partial charge in [-0.05, 0) is 60.7 Å². The third-order valence-electron chi connectivity index (χ3n) is 5.25. The fourth-order valence-corrected chi connectivity index (χ4v) is 4.54. The Bertz CT molecular complexity index is 956. The number of amides is 1. The van der Waals surface area contributed by atoms with E-state index in [2.05, 4.69) is 27.9 Å². The zero-order valence-corrected chi connectivity index (χ0v) is 15.6. The van der Waals surface area contributed by atoms with Crippen molar-refractivity contribution in [1.82, 2.24) is 10.3 Å². The van der Waals surface area contributed by atoms with Gasteiger partial charge < -0.3 is 20.7 Å². The molecule has 2 heterocycles. The summed E-state index contributed by atoms with van der Waals surface area (Å²) in [7, 11) is 0. The molecule has 6 nitrogen and oxygen atoms in total. The Morgan fingerprint density at radius 2 is 2.04 bits per heavy atom. The maximum atomic E-state index is 10.8. The number of rotatable bonds is 4. The molecule has 0 atom stereocenters. The fraction of sp³-hybridized carbons (Fsp3) is 0.300. The van der Waals surface area contributed by atoms with Gasteiger partial charge in [0.15, 0.2) is 0 Å². The molecule has 0 aliphatic heterocycles. The number of anilines is 1. The van der Waals surface area contributed by atoms with Crippen molar-refractivity contribution >= 4 is 39.9 Å². The van der Waals surface area contributed by atoms with Crippen LogP contribution in [0.5, 0.6) is 0 Å². The molecule has 3 aromatic rings. The first-order valence-electron chi connectivity index (χ1n) is 9.10. The minimum Gasteiger partial charge on any atom is -0.465 e. The maximum absolute atomic E-state index is 10.8. The smallest absolute Gasteiger partial charge is 0.404 e. The number of nitrogens with one attached hydrogen (secondary N) is 4. The lowest BCUT2D eigenvalue weighted by Gasteiger charge is -2.28. The van der Waals surface area contributed by atoms with Gasteiger partial charge in [-0.3, -0.25) is 5.41 Å². The Balaban J connectivity index is 1.47. The van der Waals surface area contributed by atoms with Gasteiger partial charge in [-0.1, -0.05) is 12.1 Å². The van der Waals surface area contributed by atoms with E-state index in [4.69, 9.17) is 10.5 Å². The molecule has 4 rings (SSSR count). The number of H-pyrrole nitrogens is 1. The number of hydrogen-bond acceptors (Lipinski definition) is 3. The van der Waals surface area contributed by atoms with Crippen molar-refractivity contribution < 1.29 is 9.90 Å². The Morgan fingerprint density at radius 1 is 1.22 bits per heavy atom. The van der Waals surface area contributed by atoms with E-state index >= 15 is 0 Å². The van der Waals surface area contributed by atoms with Crippen LogP contribution in [0.4, 0.5) is 10.5 Å². The molecule has 0 radical (unpaired) electrons. The second-order valence-electron chi connectivity index (χ2n) is 6.98. The van der Waals surface area contributed by atoms with E-state index in [-0.39, 0.29) is 6.04 Å². The third kappa shape index (κ3) is 3.83. The first kappa shape index (κ1) is 17.6. The Kier molecular flexibility index (Phi) is 4.85. The van der Waals surface area contributed by atoms with Gasteiger partial charge in [0.1, 0.15) is 5.84 Å². The molecule has 5 N–H and O–H groups in total. The van der Waals surface area contributed by atoms with Gasteiger partial charge in [-0.15, -0.1) is 11.3 Å². The number of hydrogen-bond donors (Lipinski definition) is 5. The monoisotopic (exact) mass is 382 g/mol. The summed E-state index contributed by atoms with van der Waals surface area (Å²) in [6, 6.07) is 10.1. The maximum Gasteiger partial charge on any atom is 0.404 e. The molecule has 2 aromatic heterocycles. The minimum atomic E-state index is -0.932. The summed E-state index contributed by atoms with van der Waals surface area (Å²) in [5.41, 5.74) is 3.25. The summed E-state index contributed by atoms with van der Waals surface area (Å²) >= 11 is 1.54. The van der Waals surface area contributed by atoms with Crippen molar-refractivity contribution in [2.45, 2.75) is 37.6 Å². The Labute approximate surface area is 161 Å². The molecule has 0 unspecified atom stereocenters. The highest BCUT2D eigenvalue weighted by molar-refractivity contribution is 7.12. The highest BCUT2D eigenvalue weighted by atomic mass is 32.1. The lowest BCUT2D eigenvalue weighted by atomic mass is 9.81. The van der Waals surface area contributed by atoms with Crippen molar-refractivity contribution in [2.75, 3.05) is 5.32 Å². The zero-order valence-electron chi connectivity index (χ0n) is 14.8. The lowest BCUT2D eigenvalue weighted by molar-refractivity contribution is 0.185. The van der Waals surface area contributed by atoms with Crippen LogP contribution in [0.2, 0.25) is 0 Å². The van der Waals surface area contributed by atoms with Crippen LogP contribution in [0.1, 0.15) is 42.0 Å². The highest BCUT2D eigenvalue weighted by Crippen LogP contribution is 2.37.